The summed E-state index contributed by atoms with van der Waals surface area (Å²) in [6.07, 6.45) is 0. The number of carboxylic acids is 1. The van der Waals surface area contributed by atoms with E-state index in [0.717, 1.165) is 0 Å². The fourth-order valence-electron chi connectivity index (χ4n) is 0.772. The number of benzene rings is 1. The Kier molecular flexibility index (Phi) is 2.63. The molecule has 0 unspecified atom stereocenters. The minimum atomic E-state index is -1.27. The molecule has 0 fully saturated rings. The molecule has 1 aromatic carbocycles. The van der Waals surface area contributed by atoms with Crippen LogP contribution in [-0.2, 0) is 4.79 Å². The summed E-state index contributed by atoms with van der Waals surface area (Å²) in [5.41, 5.74) is 0.168. The Morgan fingerprint density at radius 3 is 2.75 bits per heavy atom. The molecule has 1 rings (SSSR count). The van der Waals surface area contributed by atoms with Gasteiger partial charge in [-0.2, -0.15) is 0 Å². The van der Waals surface area contributed by atoms with Gasteiger partial charge in [-0.3, -0.25) is 0 Å². The van der Waals surface area contributed by atoms with E-state index < -0.39 is 11.8 Å². The second kappa shape index (κ2) is 3.71. The van der Waals surface area contributed by atoms with Crippen molar-refractivity contribution in [2.75, 3.05) is 11.9 Å². The monoisotopic (exact) mass is 168 g/mol. The van der Waals surface area contributed by atoms with Crippen molar-refractivity contribution in [3.8, 4) is 0 Å². The van der Waals surface area contributed by atoms with Gasteiger partial charge in [0, 0.05) is 0 Å². The van der Waals surface area contributed by atoms with Gasteiger partial charge in [0.1, 0.15) is 5.82 Å². The smallest absolute Gasteiger partial charge is 0.146 e. The fourth-order valence-corrected chi connectivity index (χ4v) is 0.772. The van der Waals surface area contributed by atoms with Crippen LogP contribution in [0.25, 0.3) is 0 Å². The van der Waals surface area contributed by atoms with E-state index in [9.17, 15) is 14.3 Å². The zero-order valence-corrected chi connectivity index (χ0v) is 6.21. The molecule has 0 amide bonds. The van der Waals surface area contributed by atoms with E-state index in [0.29, 0.717) is 0 Å². The summed E-state index contributed by atoms with van der Waals surface area (Å²) in [6, 6.07) is 5.84. The molecule has 0 saturated heterocycles. The predicted octanol–water partition coefficient (Wildman–Crippen LogP) is -0.0125. The second-order valence-corrected chi connectivity index (χ2v) is 2.21. The molecule has 0 aliphatic rings. The highest BCUT2D eigenvalue weighted by Crippen LogP contribution is 2.11. The number of para-hydroxylation sites is 1. The Hall–Kier alpha value is -1.58. The van der Waals surface area contributed by atoms with Crippen molar-refractivity contribution in [2.45, 2.75) is 0 Å². The predicted molar refractivity (Wildman–Crippen MR) is 39.9 cm³/mol. The van der Waals surface area contributed by atoms with E-state index in [4.69, 9.17) is 0 Å². The highest BCUT2D eigenvalue weighted by molar-refractivity contribution is 5.70. The average Bonchev–Trinajstić information content (AvgIpc) is 2.03. The summed E-state index contributed by atoms with van der Waals surface area (Å²) in [5.74, 6) is -1.74. The normalized spacial score (nSPS) is 9.42. The van der Waals surface area contributed by atoms with E-state index in [1.807, 2.05) is 0 Å². The Balaban J connectivity index is 2.63. The molecule has 0 radical (unpaired) electrons. The molecule has 0 aliphatic carbocycles. The van der Waals surface area contributed by atoms with Gasteiger partial charge in [0.25, 0.3) is 0 Å². The van der Waals surface area contributed by atoms with Gasteiger partial charge in [-0.15, -0.1) is 0 Å². The maximum Gasteiger partial charge on any atom is 0.146 e. The van der Waals surface area contributed by atoms with Crippen molar-refractivity contribution in [2.24, 2.45) is 0 Å². The Morgan fingerprint density at radius 2 is 2.17 bits per heavy atom. The first-order valence-electron chi connectivity index (χ1n) is 3.38. The molecule has 0 spiro atoms. The van der Waals surface area contributed by atoms with Gasteiger partial charge in [0.2, 0.25) is 0 Å². The number of anilines is 1. The molecule has 0 aliphatic heterocycles. The standard InChI is InChI=1S/C8H8FNO2/c9-6-3-1-2-4-7(6)10-5-8(11)12/h1-4,10H,5H2,(H,11,12)/p-1. The van der Waals surface area contributed by atoms with Crippen LogP contribution in [0, 0.1) is 5.82 Å². The van der Waals surface area contributed by atoms with Crippen LogP contribution in [0.15, 0.2) is 24.3 Å². The van der Waals surface area contributed by atoms with Crippen molar-refractivity contribution in [3.63, 3.8) is 0 Å². The quantitative estimate of drug-likeness (QED) is 0.690. The molecule has 4 heteroatoms. The lowest BCUT2D eigenvalue weighted by atomic mass is 10.3. The summed E-state index contributed by atoms with van der Waals surface area (Å²) in [6.45, 7) is -0.388. The maximum absolute atomic E-state index is 12.8. The zero-order valence-electron chi connectivity index (χ0n) is 6.21. The van der Waals surface area contributed by atoms with E-state index in [-0.39, 0.29) is 12.2 Å². The fraction of sp³-hybridized carbons (Fsp3) is 0.125. The van der Waals surface area contributed by atoms with Crippen LogP contribution >= 0.6 is 0 Å². The third-order valence-electron chi connectivity index (χ3n) is 1.30. The van der Waals surface area contributed by atoms with Crippen LogP contribution in [0.5, 0.6) is 0 Å². The van der Waals surface area contributed by atoms with Gasteiger partial charge in [-0.1, -0.05) is 12.1 Å². The minimum absolute atomic E-state index is 0.168. The number of halogens is 1. The van der Waals surface area contributed by atoms with E-state index in [1.165, 1.54) is 18.2 Å². The number of hydrogen-bond acceptors (Lipinski definition) is 3. The van der Waals surface area contributed by atoms with Gasteiger partial charge < -0.3 is 15.2 Å². The SMILES string of the molecule is O=C([O-])CNc1ccccc1F. The molecular weight excluding hydrogens is 161 g/mol. The Morgan fingerprint density at radius 1 is 1.50 bits per heavy atom. The van der Waals surface area contributed by atoms with Crippen LogP contribution in [-0.4, -0.2) is 12.5 Å². The molecule has 12 heavy (non-hydrogen) atoms. The van der Waals surface area contributed by atoms with Crippen LogP contribution in [0.4, 0.5) is 10.1 Å². The van der Waals surface area contributed by atoms with Gasteiger partial charge in [-0.25, -0.2) is 4.39 Å². The lowest BCUT2D eigenvalue weighted by molar-refractivity contribution is -0.302. The molecular formula is C8H7FNO2-. The van der Waals surface area contributed by atoms with Gasteiger partial charge in [0.05, 0.1) is 18.2 Å². The molecule has 1 aromatic rings. The average molecular weight is 168 g/mol. The second-order valence-electron chi connectivity index (χ2n) is 2.21. The molecule has 0 atom stereocenters. The summed E-state index contributed by atoms with van der Waals surface area (Å²) in [5, 5.41) is 12.4. The molecule has 0 heterocycles. The van der Waals surface area contributed by atoms with E-state index in [2.05, 4.69) is 5.32 Å². The first-order chi connectivity index (χ1) is 5.70. The first kappa shape index (κ1) is 8.52. The van der Waals surface area contributed by atoms with Crippen LogP contribution in [0.2, 0.25) is 0 Å². The largest absolute Gasteiger partial charge is 0.548 e. The molecule has 0 bridgehead atoms. The molecule has 64 valence electrons. The minimum Gasteiger partial charge on any atom is -0.548 e. The van der Waals surface area contributed by atoms with Crippen LogP contribution in [0.1, 0.15) is 0 Å². The summed E-state index contributed by atoms with van der Waals surface area (Å²) in [7, 11) is 0. The summed E-state index contributed by atoms with van der Waals surface area (Å²) >= 11 is 0. The third kappa shape index (κ3) is 2.23. The van der Waals surface area contributed by atoms with Crippen molar-refractivity contribution in [1.29, 1.82) is 0 Å². The Labute approximate surface area is 68.8 Å². The lowest BCUT2D eigenvalue weighted by Crippen LogP contribution is -2.30. The highest BCUT2D eigenvalue weighted by Gasteiger charge is 1.97. The first-order valence-corrected chi connectivity index (χ1v) is 3.38. The van der Waals surface area contributed by atoms with Gasteiger partial charge in [-0.05, 0) is 12.1 Å². The van der Waals surface area contributed by atoms with Crippen molar-refractivity contribution < 1.29 is 14.3 Å². The molecule has 0 saturated carbocycles. The summed E-state index contributed by atoms with van der Waals surface area (Å²) in [4.78, 5) is 9.99. The van der Waals surface area contributed by atoms with Gasteiger partial charge >= 0.3 is 0 Å². The van der Waals surface area contributed by atoms with E-state index in [1.54, 1.807) is 6.07 Å². The topological polar surface area (TPSA) is 52.2 Å². The van der Waals surface area contributed by atoms with Crippen LogP contribution < -0.4 is 10.4 Å². The third-order valence-corrected chi connectivity index (χ3v) is 1.30. The number of nitrogens with one attached hydrogen (secondary N) is 1. The number of carboxylic acid groups (broad SMARTS) is 1. The number of carbonyl (C=O) groups is 1. The zero-order chi connectivity index (χ0) is 8.97. The lowest BCUT2D eigenvalue weighted by Gasteiger charge is -2.06. The molecule has 1 N–H and O–H groups in total. The van der Waals surface area contributed by atoms with Gasteiger partial charge in [0.15, 0.2) is 0 Å². The number of aliphatic carboxylic acids is 1. The van der Waals surface area contributed by atoms with Crippen molar-refractivity contribution >= 4 is 11.7 Å². The number of hydrogen-bond donors (Lipinski definition) is 1. The Bertz CT molecular complexity index is 288. The maximum atomic E-state index is 12.8. The van der Waals surface area contributed by atoms with E-state index >= 15 is 0 Å². The molecule has 0 aromatic heterocycles. The molecule has 3 nitrogen and oxygen atoms in total. The van der Waals surface area contributed by atoms with Crippen molar-refractivity contribution in [3.05, 3.63) is 30.1 Å². The number of carbonyl (C=O) groups excluding carboxylic acids is 1. The van der Waals surface area contributed by atoms with Crippen molar-refractivity contribution in [1.82, 2.24) is 0 Å². The number of rotatable bonds is 3. The highest BCUT2D eigenvalue weighted by atomic mass is 19.1. The summed E-state index contributed by atoms with van der Waals surface area (Å²) < 4.78 is 12.8. The van der Waals surface area contributed by atoms with Crippen LogP contribution in [0.3, 0.4) is 0 Å².